The number of carbonyl (C=O) groups is 3. The van der Waals surface area contributed by atoms with Crippen molar-refractivity contribution >= 4 is 29.6 Å². The lowest BCUT2D eigenvalue weighted by Gasteiger charge is -2.26. The normalized spacial score (nSPS) is 15.8. The van der Waals surface area contributed by atoms with Crippen LogP contribution in [0.4, 0.5) is 10.5 Å². The van der Waals surface area contributed by atoms with Gasteiger partial charge in [0.2, 0.25) is 0 Å². The number of hydrogen-bond acceptors (Lipinski definition) is 4. The maximum Gasteiger partial charge on any atom is 0.336 e. The number of imide groups is 2. The zero-order valence-corrected chi connectivity index (χ0v) is 15.0. The molecular weight excluding hydrogens is 356 g/mol. The number of urea groups is 1. The first-order valence-electron chi connectivity index (χ1n) is 8.60. The number of amides is 4. The third kappa shape index (κ3) is 3.09. The van der Waals surface area contributed by atoms with Gasteiger partial charge in [-0.1, -0.05) is 12.1 Å². The summed E-state index contributed by atoms with van der Waals surface area (Å²) in [4.78, 5) is 42.3. The predicted octanol–water partition coefficient (Wildman–Crippen LogP) is 2.85. The van der Waals surface area contributed by atoms with Crippen molar-refractivity contribution in [2.45, 2.75) is 6.92 Å². The van der Waals surface area contributed by atoms with E-state index in [0.717, 1.165) is 16.2 Å². The fourth-order valence-corrected chi connectivity index (χ4v) is 3.05. The molecule has 4 rings (SSSR count). The molecule has 1 saturated heterocycles. The molecule has 4 amide bonds. The molecule has 3 aromatic rings. The van der Waals surface area contributed by atoms with Gasteiger partial charge in [-0.15, -0.1) is 0 Å². The summed E-state index contributed by atoms with van der Waals surface area (Å²) < 4.78 is 1.87. The van der Waals surface area contributed by atoms with E-state index in [4.69, 9.17) is 0 Å². The van der Waals surface area contributed by atoms with Crippen molar-refractivity contribution in [3.8, 4) is 5.69 Å². The van der Waals surface area contributed by atoms with Crippen LogP contribution in [0.15, 0.2) is 72.7 Å². The Kier molecular flexibility index (Phi) is 4.33. The third-order valence-electron chi connectivity index (χ3n) is 4.36. The summed E-state index contributed by atoms with van der Waals surface area (Å²) in [5.41, 5.74) is 2.79. The number of nitrogens with one attached hydrogen (secondary N) is 1. The van der Waals surface area contributed by atoms with Crippen LogP contribution in [0.25, 0.3) is 11.8 Å². The Morgan fingerprint density at radius 3 is 2.57 bits per heavy atom. The maximum absolute atomic E-state index is 12.9. The highest BCUT2D eigenvalue weighted by Crippen LogP contribution is 2.22. The zero-order chi connectivity index (χ0) is 19.7. The second-order valence-electron chi connectivity index (χ2n) is 6.31. The number of anilines is 1. The molecule has 0 aliphatic carbocycles. The summed E-state index contributed by atoms with van der Waals surface area (Å²) in [6, 6.07) is 13.9. The number of barbiturate groups is 1. The van der Waals surface area contributed by atoms with E-state index >= 15 is 0 Å². The molecule has 1 aliphatic heterocycles. The number of hydrogen-bond donors (Lipinski definition) is 1. The second kappa shape index (κ2) is 6.96. The van der Waals surface area contributed by atoms with Gasteiger partial charge in [-0.3, -0.25) is 19.9 Å². The molecule has 0 atom stereocenters. The van der Waals surface area contributed by atoms with Crippen molar-refractivity contribution in [1.29, 1.82) is 0 Å². The van der Waals surface area contributed by atoms with Crippen molar-refractivity contribution in [1.82, 2.24) is 14.9 Å². The number of carbonyl (C=O) groups excluding carboxylic acids is 3. The van der Waals surface area contributed by atoms with Gasteiger partial charge >= 0.3 is 6.03 Å². The molecule has 1 N–H and O–H groups in total. The number of benzene rings is 1. The van der Waals surface area contributed by atoms with Crippen molar-refractivity contribution in [3.63, 3.8) is 0 Å². The number of rotatable bonds is 3. The molecule has 7 nitrogen and oxygen atoms in total. The second-order valence-corrected chi connectivity index (χ2v) is 6.31. The fraction of sp³-hybridized carbons (Fsp3) is 0.0476. The van der Waals surface area contributed by atoms with Crippen LogP contribution in [-0.2, 0) is 9.59 Å². The molecule has 1 fully saturated rings. The van der Waals surface area contributed by atoms with E-state index in [1.54, 1.807) is 18.2 Å². The average molecular weight is 372 g/mol. The van der Waals surface area contributed by atoms with Gasteiger partial charge in [-0.2, -0.15) is 0 Å². The van der Waals surface area contributed by atoms with Gasteiger partial charge in [0, 0.05) is 23.8 Å². The largest absolute Gasteiger partial charge is 0.336 e. The Morgan fingerprint density at radius 2 is 1.82 bits per heavy atom. The van der Waals surface area contributed by atoms with Gasteiger partial charge in [0.15, 0.2) is 0 Å². The van der Waals surface area contributed by atoms with Crippen LogP contribution < -0.4 is 10.2 Å². The summed E-state index contributed by atoms with van der Waals surface area (Å²) in [5.74, 6) is -1.43. The lowest BCUT2D eigenvalue weighted by Crippen LogP contribution is -2.54. The highest BCUT2D eigenvalue weighted by Gasteiger charge is 2.37. The topological polar surface area (TPSA) is 84.3 Å². The first-order chi connectivity index (χ1) is 13.5. The highest BCUT2D eigenvalue weighted by molar-refractivity contribution is 6.39. The Bertz CT molecular complexity index is 1120. The highest BCUT2D eigenvalue weighted by atomic mass is 16.2. The van der Waals surface area contributed by atoms with Crippen LogP contribution in [-0.4, -0.2) is 27.4 Å². The molecule has 0 spiro atoms. The van der Waals surface area contributed by atoms with Crippen molar-refractivity contribution < 1.29 is 14.4 Å². The van der Waals surface area contributed by atoms with E-state index < -0.39 is 17.8 Å². The van der Waals surface area contributed by atoms with Crippen LogP contribution in [0.5, 0.6) is 0 Å². The molecule has 0 bridgehead atoms. The monoisotopic (exact) mass is 372 g/mol. The molecule has 0 saturated carbocycles. The van der Waals surface area contributed by atoms with Crippen LogP contribution in [0.2, 0.25) is 0 Å². The summed E-state index contributed by atoms with van der Waals surface area (Å²) >= 11 is 0. The number of pyridine rings is 1. The average Bonchev–Trinajstić information content (AvgIpc) is 3.14. The molecule has 138 valence electrons. The Hall–Kier alpha value is -4.00. The summed E-state index contributed by atoms with van der Waals surface area (Å²) in [6.45, 7) is 1.99. The minimum atomic E-state index is -0.797. The molecule has 3 heterocycles. The van der Waals surface area contributed by atoms with Gasteiger partial charge in [0.25, 0.3) is 11.8 Å². The Balaban J connectivity index is 1.76. The quantitative estimate of drug-likeness (QED) is 0.566. The molecule has 2 aromatic heterocycles. The van der Waals surface area contributed by atoms with E-state index in [9.17, 15) is 14.4 Å². The number of aromatic nitrogens is 2. The molecule has 1 aromatic carbocycles. The molecule has 0 unspecified atom stereocenters. The van der Waals surface area contributed by atoms with Crippen LogP contribution in [0, 0.1) is 6.92 Å². The minimum absolute atomic E-state index is 0.129. The predicted molar refractivity (Wildman–Crippen MR) is 104 cm³/mol. The summed E-state index contributed by atoms with van der Waals surface area (Å²) in [7, 11) is 0. The van der Waals surface area contributed by atoms with E-state index in [2.05, 4.69) is 10.3 Å². The standard InChI is InChI=1S/C21H16N4O3/c1-14-5-2-6-15(11-14)24-10-4-8-16(24)12-18-19(26)23-21(28)25(20(18)27)17-7-3-9-22-13-17/h2-13H,1H3,(H,23,26,28). The lowest BCUT2D eigenvalue weighted by atomic mass is 10.1. The van der Waals surface area contributed by atoms with E-state index in [1.165, 1.54) is 18.5 Å². The molecule has 28 heavy (non-hydrogen) atoms. The van der Waals surface area contributed by atoms with Crippen molar-refractivity contribution in [2.24, 2.45) is 0 Å². The van der Waals surface area contributed by atoms with Crippen LogP contribution in [0.1, 0.15) is 11.3 Å². The van der Waals surface area contributed by atoms with E-state index in [0.29, 0.717) is 5.69 Å². The minimum Gasteiger partial charge on any atom is -0.317 e. The van der Waals surface area contributed by atoms with E-state index in [-0.39, 0.29) is 11.3 Å². The molecule has 7 heteroatoms. The first kappa shape index (κ1) is 17.4. The lowest BCUT2D eigenvalue weighted by molar-refractivity contribution is -0.122. The smallest absolute Gasteiger partial charge is 0.317 e. The summed E-state index contributed by atoms with van der Waals surface area (Å²) in [6.07, 6.45) is 6.25. The Morgan fingerprint density at radius 1 is 1.00 bits per heavy atom. The van der Waals surface area contributed by atoms with Crippen molar-refractivity contribution in [3.05, 3.63) is 84.0 Å². The van der Waals surface area contributed by atoms with Gasteiger partial charge < -0.3 is 4.57 Å². The zero-order valence-electron chi connectivity index (χ0n) is 15.0. The molecule has 1 aliphatic rings. The van der Waals surface area contributed by atoms with Gasteiger partial charge in [0.05, 0.1) is 11.9 Å². The molecular formula is C21H16N4O3. The van der Waals surface area contributed by atoms with Gasteiger partial charge in [0.1, 0.15) is 5.57 Å². The maximum atomic E-state index is 12.9. The first-order valence-corrected chi connectivity index (χ1v) is 8.60. The SMILES string of the molecule is Cc1cccc(-n2cccc2C=C2C(=O)NC(=O)N(c3cccnc3)C2=O)c1. The molecule has 0 radical (unpaired) electrons. The number of nitrogens with zero attached hydrogens (tertiary/aromatic N) is 3. The van der Waals surface area contributed by atoms with E-state index in [1.807, 2.05) is 48.0 Å². The fourth-order valence-electron chi connectivity index (χ4n) is 3.05. The van der Waals surface area contributed by atoms with Crippen molar-refractivity contribution in [2.75, 3.05) is 4.90 Å². The Labute approximate surface area is 160 Å². The van der Waals surface area contributed by atoms with Gasteiger partial charge in [-0.05, 0) is 55.0 Å². The van der Waals surface area contributed by atoms with Crippen LogP contribution in [0.3, 0.4) is 0 Å². The van der Waals surface area contributed by atoms with Crippen LogP contribution >= 0.6 is 0 Å². The summed E-state index contributed by atoms with van der Waals surface area (Å²) in [5, 5.41) is 2.21. The number of aryl methyl sites for hydroxylation is 1. The third-order valence-corrected chi connectivity index (χ3v) is 4.36. The van der Waals surface area contributed by atoms with Gasteiger partial charge in [-0.25, -0.2) is 9.69 Å².